The van der Waals surface area contributed by atoms with Crippen molar-refractivity contribution in [2.45, 2.75) is 43.2 Å². The highest BCUT2D eigenvalue weighted by molar-refractivity contribution is 6.68. The van der Waals surface area contributed by atoms with Gasteiger partial charge in [0, 0.05) is 4.92 Å². The summed E-state index contributed by atoms with van der Waals surface area (Å²) in [6.07, 6.45) is -0.448. The predicted octanol–water partition coefficient (Wildman–Crippen LogP) is 3.45. The van der Waals surface area contributed by atoms with Crippen LogP contribution >= 0.6 is 34.8 Å². The number of halogens is 3. The van der Waals surface area contributed by atoms with Gasteiger partial charge >= 0.3 is 0 Å². The molecule has 16 heavy (non-hydrogen) atoms. The molecule has 96 valence electrons. The highest BCUT2D eigenvalue weighted by atomic mass is 35.6. The minimum Gasteiger partial charge on any atom is -0.364 e. The van der Waals surface area contributed by atoms with Gasteiger partial charge in [-0.15, -0.1) is 0 Å². The van der Waals surface area contributed by atoms with Gasteiger partial charge in [-0.2, -0.15) is 0 Å². The second kappa shape index (κ2) is 6.84. The molecule has 0 aromatic heterocycles. The van der Waals surface area contributed by atoms with E-state index < -0.39 is 21.4 Å². The second-order valence-corrected chi connectivity index (χ2v) is 6.49. The second-order valence-electron chi connectivity index (χ2n) is 4.12. The van der Waals surface area contributed by atoms with Crippen molar-refractivity contribution in [1.82, 2.24) is 0 Å². The Kier molecular flexibility index (Phi) is 6.94. The van der Waals surface area contributed by atoms with Gasteiger partial charge in [-0.25, -0.2) is 0 Å². The van der Waals surface area contributed by atoms with Crippen LogP contribution in [0, 0.1) is 16.0 Å². The lowest BCUT2D eigenvalue weighted by Gasteiger charge is -2.25. The summed E-state index contributed by atoms with van der Waals surface area (Å²) in [5.41, 5.74) is 0. The normalized spacial score (nSPS) is 16.2. The summed E-state index contributed by atoms with van der Waals surface area (Å²) in [4.78, 5) is 9.86. The van der Waals surface area contributed by atoms with E-state index >= 15 is 0 Å². The average Bonchev–Trinajstić information content (AvgIpc) is 1.98. The van der Waals surface area contributed by atoms with Gasteiger partial charge < -0.3 is 4.74 Å². The van der Waals surface area contributed by atoms with Crippen LogP contribution < -0.4 is 0 Å². The molecule has 0 aromatic rings. The van der Waals surface area contributed by atoms with Crippen molar-refractivity contribution in [1.29, 1.82) is 0 Å². The van der Waals surface area contributed by atoms with Crippen molar-refractivity contribution in [2.75, 3.05) is 6.54 Å². The molecule has 0 N–H and O–H groups in total. The summed E-state index contributed by atoms with van der Waals surface area (Å²) >= 11 is 16.9. The zero-order valence-corrected chi connectivity index (χ0v) is 11.7. The summed E-state index contributed by atoms with van der Waals surface area (Å²) in [5, 5.41) is 10.4. The van der Waals surface area contributed by atoms with Crippen molar-refractivity contribution in [2.24, 2.45) is 5.92 Å². The van der Waals surface area contributed by atoms with Crippen LogP contribution in [-0.2, 0) is 4.74 Å². The third kappa shape index (κ3) is 7.49. The van der Waals surface area contributed by atoms with Crippen LogP contribution in [0.5, 0.6) is 0 Å². The van der Waals surface area contributed by atoms with Gasteiger partial charge in [0.1, 0.15) is 0 Å². The van der Waals surface area contributed by atoms with Crippen molar-refractivity contribution in [3.8, 4) is 0 Å². The van der Waals surface area contributed by atoms with Crippen molar-refractivity contribution < 1.29 is 9.66 Å². The first-order valence-electron chi connectivity index (χ1n) is 4.97. The predicted molar refractivity (Wildman–Crippen MR) is 65.9 cm³/mol. The molecule has 0 rings (SSSR count). The first-order valence-corrected chi connectivity index (χ1v) is 6.10. The number of hydrogen-bond donors (Lipinski definition) is 0. The maximum atomic E-state index is 10.4. The molecular weight excluding hydrogens is 276 g/mol. The molecular formula is C9H16Cl3NO3. The summed E-state index contributed by atoms with van der Waals surface area (Å²) in [6.45, 7) is 5.34. The molecule has 0 saturated heterocycles. The Morgan fingerprint density at radius 3 is 2.12 bits per heavy atom. The van der Waals surface area contributed by atoms with Gasteiger partial charge in [0.05, 0.1) is 6.10 Å². The van der Waals surface area contributed by atoms with Gasteiger partial charge in [-0.1, -0.05) is 48.7 Å². The Labute approximate surface area is 110 Å². The van der Waals surface area contributed by atoms with E-state index in [1.165, 1.54) is 0 Å². The Hall–Kier alpha value is 0.230. The van der Waals surface area contributed by atoms with Gasteiger partial charge in [0.2, 0.25) is 10.3 Å². The Morgan fingerprint density at radius 1 is 1.31 bits per heavy atom. The highest BCUT2D eigenvalue weighted by Gasteiger charge is 2.38. The lowest BCUT2D eigenvalue weighted by atomic mass is 10.1. The summed E-state index contributed by atoms with van der Waals surface area (Å²) in [7, 11) is 0. The fourth-order valence-corrected chi connectivity index (χ4v) is 1.72. The van der Waals surface area contributed by atoms with Crippen molar-refractivity contribution >= 4 is 34.8 Å². The molecule has 0 bridgehead atoms. The topological polar surface area (TPSA) is 52.4 Å². The summed E-state index contributed by atoms with van der Waals surface area (Å²) < 4.78 is 3.62. The zero-order valence-electron chi connectivity index (χ0n) is 9.45. The van der Waals surface area contributed by atoms with Crippen molar-refractivity contribution in [3.05, 3.63) is 10.1 Å². The molecule has 0 heterocycles. The Balaban J connectivity index is 4.37. The van der Waals surface area contributed by atoms with Gasteiger partial charge in [-0.05, 0) is 19.3 Å². The van der Waals surface area contributed by atoms with Crippen LogP contribution in [0.1, 0.15) is 27.2 Å². The van der Waals surface area contributed by atoms with Crippen LogP contribution in [0.2, 0.25) is 0 Å². The van der Waals surface area contributed by atoms with Crippen LogP contribution in [-0.4, -0.2) is 27.5 Å². The zero-order chi connectivity index (χ0) is 12.9. The average molecular weight is 293 g/mol. The molecule has 4 nitrogen and oxygen atoms in total. The number of hydrogen-bond acceptors (Lipinski definition) is 3. The highest BCUT2D eigenvalue weighted by Crippen LogP contribution is 2.33. The third-order valence-corrected chi connectivity index (χ3v) is 2.61. The summed E-state index contributed by atoms with van der Waals surface area (Å²) in [6, 6.07) is 0. The van der Waals surface area contributed by atoms with E-state index in [-0.39, 0.29) is 6.10 Å². The number of rotatable bonds is 6. The van der Waals surface area contributed by atoms with E-state index in [1.54, 1.807) is 0 Å². The molecule has 0 spiro atoms. The molecule has 0 aliphatic carbocycles. The SMILES string of the molecule is CC(C)C[C@H](C)O[C@H](C[N+](=O)[O-])C(Cl)(Cl)Cl. The van der Waals surface area contributed by atoms with Crippen LogP contribution in [0.15, 0.2) is 0 Å². The molecule has 2 atom stereocenters. The maximum Gasteiger partial charge on any atom is 0.233 e. The lowest BCUT2D eigenvalue weighted by molar-refractivity contribution is -0.492. The lowest BCUT2D eigenvalue weighted by Crippen LogP contribution is -2.38. The molecule has 0 unspecified atom stereocenters. The Morgan fingerprint density at radius 2 is 1.81 bits per heavy atom. The fraction of sp³-hybridized carbons (Fsp3) is 1.00. The van der Waals surface area contributed by atoms with E-state index in [4.69, 9.17) is 39.5 Å². The van der Waals surface area contributed by atoms with Crippen LogP contribution in [0.4, 0.5) is 0 Å². The first-order chi connectivity index (χ1) is 7.12. The number of alkyl halides is 3. The number of ether oxygens (including phenoxy) is 1. The molecule has 0 saturated carbocycles. The van der Waals surface area contributed by atoms with Gasteiger partial charge in [-0.3, -0.25) is 10.1 Å². The minimum absolute atomic E-state index is 0.180. The van der Waals surface area contributed by atoms with E-state index in [2.05, 4.69) is 0 Å². The molecule has 0 aliphatic rings. The van der Waals surface area contributed by atoms with Crippen molar-refractivity contribution in [3.63, 3.8) is 0 Å². The van der Waals surface area contributed by atoms with E-state index in [0.29, 0.717) is 5.92 Å². The number of nitrogens with zero attached hydrogens (tertiary/aromatic N) is 1. The molecule has 0 radical (unpaired) electrons. The van der Waals surface area contributed by atoms with Gasteiger partial charge in [0.15, 0.2) is 6.10 Å². The molecule has 0 amide bonds. The summed E-state index contributed by atoms with van der Waals surface area (Å²) in [5.74, 6) is 0.418. The fourth-order valence-electron chi connectivity index (χ4n) is 1.36. The largest absolute Gasteiger partial charge is 0.364 e. The first kappa shape index (κ1) is 16.2. The molecule has 0 aliphatic heterocycles. The van der Waals surface area contributed by atoms with E-state index in [1.807, 2.05) is 20.8 Å². The maximum absolute atomic E-state index is 10.4. The molecule has 7 heteroatoms. The quantitative estimate of drug-likeness (QED) is 0.428. The minimum atomic E-state index is -1.78. The van der Waals surface area contributed by atoms with Crippen LogP contribution in [0.25, 0.3) is 0 Å². The van der Waals surface area contributed by atoms with Crippen LogP contribution in [0.3, 0.4) is 0 Å². The van der Waals surface area contributed by atoms with Gasteiger partial charge in [0.25, 0.3) is 0 Å². The van der Waals surface area contributed by atoms with E-state index in [0.717, 1.165) is 6.42 Å². The third-order valence-electron chi connectivity index (χ3n) is 1.88. The Bertz CT molecular complexity index is 231. The number of nitro groups is 1. The smallest absolute Gasteiger partial charge is 0.233 e. The standard InChI is InChI=1S/C9H16Cl3NO3/c1-6(2)4-7(3)16-8(5-13(14)15)9(10,11)12/h6-8H,4-5H2,1-3H3/t7-,8+/m0/s1. The van der Waals surface area contributed by atoms with E-state index in [9.17, 15) is 10.1 Å². The molecule has 0 fully saturated rings. The molecule has 0 aromatic carbocycles. The monoisotopic (exact) mass is 291 g/mol.